The number of hydrogen-bond acceptors (Lipinski definition) is 2. The van der Waals surface area contributed by atoms with Gasteiger partial charge in [-0.3, -0.25) is 4.21 Å². The first-order chi connectivity index (χ1) is 11.9. The third kappa shape index (κ3) is 3.12. The largest absolute Gasteiger partial charge is 0.460 e. The van der Waals surface area contributed by atoms with E-state index >= 15 is 0 Å². The molecule has 0 aliphatic rings. The molecule has 0 radical (unpaired) electrons. The lowest BCUT2D eigenvalue weighted by Crippen LogP contribution is -2.50. The number of hydrogen-bond donors (Lipinski definition) is 0. The summed E-state index contributed by atoms with van der Waals surface area (Å²) in [5, 5.41) is 0. The van der Waals surface area contributed by atoms with Crippen LogP contribution in [0.5, 0.6) is 0 Å². The molecule has 0 aliphatic heterocycles. The molecule has 11 heteroatoms. The van der Waals surface area contributed by atoms with Crippen LogP contribution in [-0.2, 0) is 23.8 Å². The zero-order valence-corrected chi connectivity index (χ0v) is 14.3. The Bertz CT molecular complexity index is 830. The zero-order chi connectivity index (χ0) is 19.9. The van der Waals surface area contributed by atoms with Crippen molar-refractivity contribution < 1.29 is 34.9 Å². The Morgan fingerprint density at radius 3 is 2.19 bits per heavy atom. The van der Waals surface area contributed by atoms with Gasteiger partial charge in [0.15, 0.2) is 0 Å². The Labute approximate surface area is 146 Å². The monoisotopic (exact) mass is 402 g/mol. The Balaban J connectivity index is 2.86. The van der Waals surface area contributed by atoms with Gasteiger partial charge in [-0.05, 0) is 6.07 Å². The van der Waals surface area contributed by atoms with E-state index in [9.17, 15) is 34.9 Å². The quantitative estimate of drug-likeness (QED) is 0.690. The second-order valence-electron chi connectivity index (χ2n) is 5.32. The summed E-state index contributed by atoms with van der Waals surface area (Å²) in [5.74, 6) is -12.3. The highest BCUT2D eigenvalue weighted by molar-refractivity contribution is 7.85. The van der Waals surface area contributed by atoms with E-state index < -0.39 is 39.9 Å². The van der Waals surface area contributed by atoms with E-state index in [1.165, 1.54) is 20.2 Å². The molecule has 2 rings (SSSR count). The molecule has 1 aromatic heterocycles. The summed E-state index contributed by atoms with van der Waals surface area (Å²) >= 11 is 0. The van der Waals surface area contributed by atoms with Crippen molar-refractivity contribution in [2.24, 2.45) is 7.05 Å². The van der Waals surface area contributed by atoms with E-state index in [-0.39, 0.29) is 16.5 Å². The lowest BCUT2D eigenvalue weighted by Gasteiger charge is -2.30. The van der Waals surface area contributed by atoms with Crippen LogP contribution in [0.25, 0.3) is 11.4 Å². The van der Waals surface area contributed by atoms with Crippen molar-refractivity contribution in [3.8, 4) is 11.4 Å². The fourth-order valence-corrected chi connectivity index (χ4v) is 3.29. The van der Waals surface area contributed by atoms with Gasteiger partial charge in [-0.25, -0.2) is 4.98 Å². The van der Waals surface area contributed by atoms with Crippen LogP contribution in [0.2, 0.25) is 0 Å². The first-order valence-electron chi connectivity index (χ1n) is 7.18. The lowest BCUT2D eigenvalue weighted by atomic mass is 9.95. The number of rotatable bonds is 5. The Hall–Kier alpha value is -1.91. The first-order valence-corrected chi connectivity index (χ1v) is 8.50. The molecule has 1 unspecified atom stereocenters. The van der Waals surface area contributed by atoms with E-state index in [1.807, 2.05) is 0 Å². The van der Waals surface area contributed by atoms with Crippen LogP contribution < -0.4 is 0 Å². The fourth-order valence-electron chi connectivity index (χ4n) is 2.32. The third-order valence-electron chi connectivity index (χ3n) is 3.67. The first kappa shape index (κ1) is 20.4. The minimum atomic E-state index is -6.48. The number of benzene rings is 1. The SMILES string of the molecule is CCS(=O)c1cccc(C(F)(F)C(F)(F)C(F)(F)F)c1-c1nccn1C. The molecule has 1 heterocycles. The molecule has 0 spiro atoms. The molecular formula is C15H13F7N2OS. The van der Waals surface area contributed by atoms with Crippen molar-refractivity contribution in [3.63, 3.8) is 0 Å². The predicted octanol–water partition coefficient (Wildman–Crippen LogP) is 4.50. The van der Waals surface area contributed by atoms with E-state index in [0.29, 0.717) is 6.07 Å². The molecule has 0 aliphatic carbocycles. The minimum absolute atomic E-state index is 0.0535. The second kappa shape index (κ2) is 6.67. The van der Waals surface area contributed by atoms with Gasteiger partial charge in [0.2, 0.25) is 0 Å². The summed E-state index contributed by atoms with van der Waals surface area (Å²) < 4.78 is 107. The predicted molar refractivity (Wildman–Crippen MR) is 80.5 cm³/mol. The molecule has 0 saturated carbocycles. The normalized spacial score (nSPS) is 14.5. The molecular weight excluding hydrogens is 389 g/mol. The standard InChI is InChI=1S/C15H13F7N2OS/c1-3-26(25)10-6-4-5-9(11(10)12-23-7-8-24(12)2)13(16,17)14(18,19)15(20,21)22/h4-8H,3H2,1-2H3. The van der Waals surface area contributed by atoms with Gasteiger partial charge in [-0.15, -0.1) is 0 Å². The number of halogens is 7. The lowest BCUT2D eigenvalue weighted by molar-refractivity contribution is -0.359. The Kier molecular flexibility index (Phi) is 5.24. The van der Waals surface area contributed by atoms with E-state index in [1.54, 1.807) is 0 Å². The van der Waals surface area contributed by atoms with Crippen LogP contribution in [-0.4, -0.2) is 31.6 Å². The highest BCUT2D eigenvalue weighted by atomic mass is 32.2. The van der Waals surface area contributed by atoms with Crippen LogP contribution in [0.15, 0.2) is 35.5 Å². The van der Waals surface area contributed by atoms with Crippen molar-refractivity contribution in [2.45, 2.75) is 29.8 Å². The van der Waals surface area contributed by atoms with Crippen LogP contribution in [0.3, 0.4) is 0 Å². The molecule has 0 N–H and O–H groups in total. The molecule has 144 valence electrons. The van der Waals surface area contributed by atoms with Crippen LogP contribution in [0.4, 0.5) is 30.7 Å². The van der Waals surface area contributed by atoms with Gasteiger partial charge in [0.05, 0.1) is 15.7 Å². The van der Waals surface area contributed by atoms with Crippen molar-refractivity contribution >= 4 is 10.8 Å². The topological polar surface area (TPSA) is 34.9 Å². The van der Waals surface area contributed by atoms with Gasteiger partial charge in [0.25, 0.3) is 0 Å². The summed E-state index contributed by atoms with van der Waals surface area (Å²) in [6, 6.07) is 2.46. The van der Waals surface area contributed by atoms with Crippen molar-refractivity contribution in [3.05, 3.63) is 36.2 Å². The second-order valence-corrected chi connectivity index (χ2v) is 7.03. The number of imidazole rings is 1. The molecule has 0 bridgehead atoms. The number of aryl methyl sites for hydroxylation is 1. The maximum atomic E-state index is 14.4. The Morgan fingerprint density at radius 2 is 1.73 bits per heavy atom. The highest BCUT2D eigenvalue weighted by Crippen LogP contribution is 2.54. The maximum Gasteiger partial charge on any atom is 0.460 e. The molecule has 2 aromatic rings. The van der Waals surface area contributed by atoms with Gasteiger partial charge in [0.1, 0.15) is 5.82 Å². The molecule has 0 amide bonds. The van der Waals surface area contributed by atoms with Gasteiger partial charge in [0, 0.05) is 36.3 Å². The van der Waals surface area contributed by atoms with Crippen molar-refractivity contribution in [1.29, 1.82) is 0 Å². The van der Waals surface area contributed by atoms with Crippen LogP contribution >= 0.6 is 0 Å². The van der Waals surface area contributed by atoms with E-state index in [4.69, 9.17) is 0 Å². The summed E-state index contributed by atoms with van der Waals surface area (Å²) in [4.78, 5) is 3.46. The van der Waals surface area contributed by atoms with Gasteiger partial charge < -0.3 is 4.57 Å². The summed E-state index contributed by atoms with van der Waals surface area (Å²) in [6.45, 7) is 1.45. The third-order valence-corrected chi connectivity index (χ3v) is 5.02. The summed E-state index contributed by atoms with van der Waals surface area (Å²) in [7, 11) is -0.556. The van der Waals surface area contributed by atoms with Gasteiger partial charge >= 0.3 is 18.0 Å². The number of aromatic nitrogens is 2. The summed E-state index contributed by atoms with van der Waals surface area (Å²) in [5.41, 5.74) is -2.29. The van der Waals surface area contributed by atoms with Crippen LogP contribution in [0.1, 0.15) is 12.5 Å². The van der Waals surface area contributed by atoms with Crippen LogP contribution in [0, 0.1) is 0 Å². The molecule has 0 saturated heterocycles. The number of alkyl halides is 7. The average Bonchev–Trinajstić information content (AvgIpc) is 2.97. The Morgan fingerprint density at radius 1 is 1.12 bits per heavy atom. The molecule has 1 atom stereocenters. The summed E-state index contributed by atoms with van der Waals surface area (Å²) in [6.07, 6.45) is -4.02. The molecule has 0 fully saturated rings. The zero-order valence-electron chi connectivity index (χ0n) is 13.5. The van der Waals surface area contributed by atoms with Crippen molar-refractivity contribution in [2.75, 3.05) is 5.75 Å². The van der Waals surface area contributed by atoms with Gasteiger partial charge in [-0.1, -0.05) is 19.1 Å². The fraction of sp³-hybridized carbons (Fsp3) is 0.400. The minimum Gasteiger partial charge on any atom is -0.334 e. The average molecular weight is 402 g/mol. The molecule has 1 aromatic carbocycles. The number of nitrogens with zero attached hydrogens (tertiary/aromatic N) is 2. The van der Waals surface area contributed by atoms with Crippen molar-refractivity contribution in [1.82, 2.24) is 9.55 Å². The smallest absolute Gasteiger partial charge is 0.334 e. The van der Waals surface area contributed by atoms with E-state index in [2.05, 4.69) is 4.98 Å². The molecule has 26 heavy (non-hydrogen) atoms. The highest BCUT2D eigenvalue weighted by Gasteiger charge is 2.74. The van der Waals surface area contributed by atoms with E-state index in [0.717, 1.165) is 22.9 Å². The maximum absolute atomic E-state index is 14.4. The molecule has 3 nitrogen and oxygen atoms in total. The van der Waals surface area contributed by atoms with Gasteiger partial charge in [-0.2, -0.15) is 30.7 Å².